The summed E-state index contributed by atoms with van der Waals surface area (Å²) in [5.74, 6) is 0. The fourth-order valence-electron chi connectivity index (χ4n) is 3.18. The number of aryl methyl sites for hydroxylation is 1. The molecule has 0 radical (unpaired) electrons. The molecule has 1 aliphatic rings. The SMILES string of the molecule is O=c1c2c([nH]c3ccccc13)-c1ccccc1CCC2. The van der Waals surface area contributed by atoms with Gasteiger partial charge in [-0.05, 0) is 37.0 Å². The molecule has 0 spiro atoms. The van der Waals surface area contributed by atoms with Crippen molar-refractivity contribution in [3.63, 3.8) is 0 Å². The average molecular weight is 261 g/mol. The second-order valence-electron chi connectivity index (χ2n) is 5.36. The fraction of sp³-hybridized carbons (Fsp3) is 0.167. The predicted molar refractivity (Wildman–Crippen MR) is 82.0 cm³/mol. The summed E-state index contributed by atoms with van der Waals surface area (Å²) < 4.78 is 0. The number of rotatable bonds is 0. The smallest absolute Gasteiger partial charge is 0.193 e. The number of pyridine rings is 1. The van der Waals surface area contributed by atoms with Crippen molar-refractivity contribution in [3.05, 3.63) is 69.9 Å². The minimum atomic E-state index is 0.186. The molecular formula is C18H15NO. The van der Waals surface area contributed by atoms with E-state index in [1.54, 1.807) is 0 Å². The van der Waals surface area contributed by atoms with E-state index in [0.29, 0.717) is 0 Å². The van der Waals surface area contributed by atoms with Crippen molar-refractivity contribution in [1.82, 2.24) is 4.98 Å². The molecule has 0 aliphatic heterocycles. The predicted octanol–water partition coefficient (Wildman–Crippen LogP) is 3.68. The molecule has 1 heterocycles. The van der Waals surface area contributed by atoms with Crippen molar-refractivity contribution in [2.24, 2.45) is 0 Å². The molecule has 0 unspecified atom stereocenters. The molecule has 0 saturated heterocycles. The Morgan fingerprint density at radius 2 is 1.70 bits per heavy atom. The lowest BCUT2D eigenvalue weighted by molar-refractivity contribution is 0.830. The van der Waals surface area contributed by atoms with Crippen LogP contribution < -0.4 is 5.43 Å². The van der Waals surface area contributed by atoms with Crippen LogP contribution in [0.1, 0.15) is 17.5 Å². The molecule has 0 atom stereocenters. The van der Waals surface area contributed by atoms with Crippen molar-refractivity contribution >= 4 is 10.9 Å². The Kier molecular flexibility index (Phi) is 2.49. The molecule has 1 N–H and O–H groups in total. The number of benzene rings is 2. The Morgan fingerprint density at radius 3 is 2.65 bits per heavy atom. The Balaban J connectivity index is 2.14. The first kappa shape index (κ1) is 11.5. The first-order valence-electron chi connectivity index (χ1n) is 7.07. The van der Waals surface area contributed by atoms with Gasteiger partial charge < -0.3 is 4.98 Å². The number of nitrogens with one attached hydrogen (secondary N) is 1. The van der Waals surface area contributed by atoms with Crippen LogP contribution in [0, 0.1) is 0 Å². The molecule has 0 amide bonds. The highest BCUT2D eigenvalue weighted by atomic mass is 16.1. The van der Waals surface area contributed by atoms with Crippen LogP contribution in [0.5, 0.6) is 0 Å². The summed E-state index contributed by atoms with van der Waals surface area (Å²) in [4.78, 5) is 16.2. The van der Waals surface area contributed by atoms with Crippen molar-refractivity contribution in [1.29, 1.82) is 0 Å². The summed E-state index contributed by atoms with van der Waals surface area (Å²) in [6, 6.07) is 16.2. The summed E-state index contributed by atoms with van der Waals surface area (Å²) in [5, 5.41) is 0.797. The number of aromatic nitrogens is 1. The number of hydrogen-bond acceptors (Lipinski definition) is 1. The third kappa shape index (κ3) is 1.61. The largest absolute Gasteiger partial charge is 0.354 e. The summed E-state index contributed by atoms with van der Waals surface area (Å²) in [6.45, 7) is 0. The van der Waals surface area contributed by atoms with Gasteiger partial charge in [0.05, 0.1) is 5.69 Å². The zero-order valence-corrected chi connectivity index (χ0v) is 11.1. The van der Waals surface area contributed by atoms with Crippen LogP contribution in [-0.4, -0.2) is 4.98 Å². The minimum absolute atomic E-state index is 0.186. The van der Waals surface area contributed by atoms with Crippen molar-refractivity contribution < 1.29 is 0 Å². The Bertz CT molecular complexity index is 861. The van der Waals surface area contributed by atoms with E-state index in [1.807, 2.05) is 30.3 Å². The normalized spacial score (nSPS) is 13.6. The lowest BCUT2D eigenvalue weighted by Gasteiger charge is -2.10. The highest BCUT2D eigenvalue weighted by molar-refractivity contribution is 5.84. The summed E-state index contributed by atoms with van der Waals surface area (Å²) in [6.07, 6.45) is 2.92. The third-order valence-corrected chi connectivity index (χ3v) is 4.17. The molecule has 0 bridgehead atoms. The van der Waals surface area contributed by atoms with Crippen LogP contribution in [0.4, 0.5) is 0 Å². The van der Waals surface area contributed by atoms with Gasteiger partial charge in [0.2, 0.25) is 0 Å². The van der Waals surface area contributed by atoms with E-state index in [0.717, 1.165) is 41.4 Å². The van der Waals surface area contributed by atoms with E-state index in [2.05, 4.69) is 23.2 Å². The van der Waals surface area contributed by atoms with Crippen LogP contribution in [0.25, 0.3) is 22.2 Å². The van der Waals surface area contributed by atoms with Gasteiger partial charge in [0, 0.05) is 22.0 Å². The summed E-state index contributed by atoms with van der Waals surface area (Å²) in [5.41, 5.74) is 5.58. The van der Waals surface area contributed by atoms with Gasteiger partial charge in [-0.1, -0.05) is 36.4 Å². The molecule has 3 aromatic rings. The lowest BCUT2D eigenvalue weighted by atomic mass is 10.00. The number of fused-ring (bicyclic) bond motifs is 4. The van der Waals surface area contributed by atoms with Crippen LogP contribution in [-0.2, 0) is 12.8 Å². The number of para-hydroxylation sites is 1. The van der Waals surface area contributed by atoms with Gasteiger partial charge in [0.1, 0.15) is 0 Å². The summed E-state index contributed by atoms with van der Waals surface area (Å²) >= 11 is 0. The third-order valence-electron chi connectivity index (χ3n) is 4.17. The van der Waals surface area contributed by atoms with Gasteiger partial charge >= 0.3 is 0 Å². The first-order valence-corrected chi connectivity index (χ1v) is 7.07. The quantitative estimate of drug-likeness (QED) is 0.658. The standard InChI is InChI=1S/C18H15NO/c20-18-14-9-3-4-11-16(14)19-17-13-8-2-1-6-12(13)7-5-10-15(17)18/h1-4,6,8-9,11H,5,7,10H2,(H,19,20). The van der Waals surface area contributed by atoms with Crippen LogP contribution in [0.3, 0.4) is 0 Å². The molecule has 98 valence electrons. The van der Waals surface area contributed by atoms with Gasteiger partial charge in [-0.3, -0.25) is 4.79 Å². The summed E-state index contributed by atoms with van der Waals surface area (Å²) in [7, 11) is 0. The molecule has 2 aromatic carbocycles. The lowest BCUT2D eigenvalue weighted by Crippen LogP contribution is -2.12. The molecule has 2 heteroatoms. The Hall–Kier alpha value is -2.35. The van der Waals surface area contributed by atoms with Crippen molar-refractivity contribution in [2.75, 3.05) is 0 Å². The second-order valence-corrected chi connectivity index (χ2v) is 5.36. The maximum absolute atomic E-state index is 12.7. The van der Waals surface area contributed by atoms with Gasteiger partial charge in [-0.2, -0.15) is 0 Å². The number of aromatic amines is 1. The van der Waals surface area contributed by atoms with E-state index in [4.69, 9.17) is 0 Å². The first-order chi connectivity index (χ1) is 9.84. The van der Waals surface area contributed by atoms with Gasteiger partial charge in [0.15, 0.2) is 5.43 Å². The van der Waals surface area contributed by atoms with Crippen LogP contribution >= 0.6 is 0 Å². The highest BCUT2D eigenvalue weighted by Gasteiger charge is 2.18. The van der Waals surface area contributed by atoms with E-state index in [1.165, 1.54) is 11.1 Å². The van der Waals surface area contributed by atoms with Gasteiger partial charge in [-0.25, -0.2) is 0 Å². The average Bonchev–Trinajstić information content (AvgIpc) is 2.68. The maximum Gasteiger partial charge on any atom is 0.193 e. The molecule has 4 rings (SSSR count). The fourth-order valence-corrected chi connectivity index (χ4v) is 3.18. The molecular weight excluding hydrogens is 246 g/mol. The minimum Gasteiger partial charge on any atom is -0.354 e. The monoisotopic (exact) mass is 261 g/mol. The zero-order chi connectivity index (χ0) is 13.5. The molecule has 2 nitrogen and oxygen atoms in total. The molecule has 1 aliphatic carbocycles. The zero-order valence-electron chi connectivity index (χ0n) is 11.1. The van der Waals surface area contributed by atoms with Crippen LogP contribution in [0.15, 0.2) is 53.3 Å². The Morgan fingerprint density at radius 1 is 0.900 bits per heavy atom. The second kappa shape index (κ2) is 4.34. The topological polar surface area (TPSA) is 32.9 Å². The van der Waals surface area contributed by atoms with Crippen molar-refractivity contribution in [3.8, 4) is 11.3 Å². The van der Waals surface area contributed by atoms with E-state index in [9.17, 15) is 4.79 Å². The maximum atomic E-state index is 12.7. The van der Waals surface area contributed by atoms with Gasteiger partial charge in [0.25, 0.3) is 0 Å². The Labute approximate surface area is 117 Å². The number of H-pyrrole nitrogens is 1. The molecule has 0 fully saturated rings. The molecule has 1 aromatic heterocycles. The van der Waals surface area contributed by atoms with Crippen molar-refractivity contribution in [2.45, 2.75) is 19.3 Å². The van der Waals surface area contributed by atoms with Gasteiger partial charge in [-0.15, -0.1) is 0 Å². The van der Waals surface area contributed by atoms with E-state index >= 15 is 0 Å². The van der Waals surface area contributed by atoms with Crippen LogP contribution in [0.2, 0.25) is 0 Å². The number of hydrogen-bond donors (Lipinski definition) is 1. The van der Waals surface area contributed by atoms with E-state index in [-0.39, 0.29) is 5.43 Å². The van der Waals surface area contributed by atoms with E-state index < -0.39 is 0 Å². The molecule has 20 heavy (non-hydrogen) atoms. The highest BCUT2D eigenvalue weighted by Crippen LogP contribution is 2.30. The molecule has 0 saturated carbocycles.